The second-order valence-electron chi connectivity index (χ2n) is 10.2. The Morgan fingerprint density at radius 1 is 0.722 bits per heavy atom. The van der Waals surface area contributed by atoms with Crippen LogP contribution < -0.4 is 0 Å². The fourth-order valence-electron chi connectivity index (χ4n) is 4.80. The molecule has 176 valence electrons. The molecule has 0 saturated carbocycles. The fourth-order valence-corrected chi connectivity index (χ4v) is 4.80. The van der Waals surface area contributed by atoms with Gasteiger partial charge in [0.1, 0.15) is 11.4 Å². The average Bonchev–Trinajstić information content (AvgIpc) is 3.22. The number of rotatable bonds is 3. The Labute approximate surface area is 210 Å². The maximum Gasteiger partial charge on any atom is 0.146 e. The summed E-state index contributed by atoms with van der Waals surface area (Å²) in [5, 5.41) is 12.7. The second kappa shape index (κ2) is 8.35. The van der Waals surface area contributed by atoms with Crippen LogP contribution in [-0.4, -0.2) is 19.6 Å². The maximum absolute atomic E-state index is 10.5. The molecule has 3 aromatic heterocycles. The van der Waals surface area contributed by atoms with E-state index < -0.39 is 0 Å². The van der Waals surface area contributed by atoms with Gasteiger partial charge in [-0.3, -0.25) is 9.55 Å². The van der Waals surface area contributed by atoms with Crippen molar-refractivity contribution >= 4 is 21.9 Å². The van der Waals surface area contributed by atoms with E-state index in [-0.39, 0.29) is 11.2 Å². The van der Waals surface area contributed by atoms with Gasteiger partial charge in [-0.15, -0.1) is 0 Å². The van der Waals surface area contributed by atoms with E-state index in [1.165, 1.54) is 5.56 Å². The number of phenols is 1. The van der Waals surface area contributed by atoms with E-state index in [4.69, 9.17) is 4.98 Å². The monoisotopic (exact) mass is 469 g/mol. The third kappa shape index (κ3) is 3.72. The van der Waals surface area contributed by atoms with Crippen LogP contribution in [0.15, 0.2) is 103 Å². The summed E-state index contributed by atoms with van der Waals surface area (Å²) in [7, 11) is 0. The molecular weight excluding hydrogens is 442 g/mol. The highest BCUT2D eigenvalue weighted by Crippen LogP contribution is 2.37. The fraction of sp³-hybridized carbons (Fsp3) is 0.125. The number of phenolic OH excluding ortho intramolecular Hbond substituents is 1. The molecule has 4 nitrogen and oxygen atoms in total. The molecule has 6 aromatic rings. The van der Waals surface area contributed by atoms with Crippen molar-refractivity contribution in [3.8, 4) is 34.0 Å². The van der Waals surface area contributed by atoms with Gasteiger partial charge >= 0.3 is 0 Å². The number of nitrogens with zero attached hydrogens (tertiary/aromatic N) is 3. The molecule has 0 atom stereocenters. The zero-order valence-corrected chi connectivity index (χ0v) is 20.6. The minimum absolute atomic E-state index is 0.0489. The number of hydrogen-bond acceptors (Lipinski definition) is 3. The molecule has 0 amide bonds. The van der Waals surface area contributed by atoms with Crippen molar-refractivity contribution < 1.29 is 5.11 Å². The standard InChI is InChI=1S/C32H27N3O/c1-32(2,3)22-18-21(27-12-8-9-17-33-27)19-23(20-22)35-29-13-6-4-10-24(29)25-15-16-28(34-31(25)35)26-11-5-7-14-30(26)36/h4-20,36H,1-3H3. The van der Waals surface area contributed by atoms with E-state index in [9.17, 15) is 5.11 Å². The Balaban J connectivity index is 1.69. The van der Waals surface area contributed by atoms with E-state index >= 15 is 0 Å². The predicted molar refractivity (Wildman–Crippen MR) is 148 cm³/mol. The van der Waals surface area contributed by atoms with Crippen LogP contribution in [0.3, 0.4) is 0 Å². The van der Waals surface area contributed by atoms with E-state index in [1.807, 2.05) is 48.7 Å². The summed E-state index contributed by atoms with van der Waals surface area (Å²) in [6, 6.07) is 32.5. The van der Waals surface area contributed by atoms with Crippen LogP contribution in [0.4, 0.5) is 0 Å². The summed E-state index contributed by atoms with van der Waals surface area (Å²) in [4.78, 5) is 9.73. The quantitative estimate of drug-likeness (QED) is 0.286. The molecule has 0 unspecified atom stereocenters. The Kier molecular flexibility index (Phi) is 5.11. The summed E-state index contributed by atoms with van der Waals surface area (Å²) in [6.45, 7) is 6.69. The molecular formula is C32H27N3O. The van der Waals surface area contributed by atoms with Crippen molar-refractivity contribution in [3.05, 3.63) is 109 Å². The van der Waals surface area contributed by atoms with Crippen molar-refractivity contribution in [3.63, 3.8) is 0 Å². The lowest BCUT2D eigenvalue weighted by Crippen LogP contribution is -2.12. The third-order valence-corrected chi connectivity index (χ3v) is 6.70. The van der Waals surface area contributed by atoms with Gasteiger partial charge in [-0.05, 0) is 71.6 Å². The van der Waals surface area contributed by atoms with Gasteiger partial charge in [0.25, 0.3) is 0 Å². The normalized spacial score (nSPS) is 11.9. The summed E-state index contributed by atoms with van der Waals surface area (Å²) in [5.74, 6) is 0.221. The van der Waals surface area contributed by atoms with Crippen LogP contribution >= 0.6 is 0 Å². The molecule has 3 heterocycles. The van der Waals surface area contributed by atoms with Crippen molar-refractivity contribution in [1.82, 2.24) is 14.5 Å². The first-order valence-electron chi connectivity index (χ1n) is 12.2. The SMILES string of the molecule is CC(C)(C)c1cc(-c2ccccn2)cc(-n2c3ccccc3c3ccc(-c4ccccc4O)nc32)c1. The lowest BCUT2D eigenvalue weighted by Gasteiger charge is -2.22. The summed E-state index contributed by atoms with van der Waals surface area (Å²) >= 11 is 0. The van der Waals surface area contributed by atoms with E-state index in [0.717, 1.165) is 44.6 Å². The van der Waals surface area contributed by atoms with Crippen LogP contribution in [-0.2, 0) is 5.41 Å². The highest BCUT2D eigenvalue weighted by molar-refractivity contribution is 6.08. The first-order chi connectivity index (χ1) is 17.4. The molecule has 0 fully saturated rings. The van der Waals surface area contributed by atoms with E-state index in [2.05, 4.69) is 78.9 Å². The Hall–Kier alpha value is -4.44. The topological polar surface area (TPSA) is 50.9 Å². The molecule has 0 aliphatic rings. The van der Waals surface area contributed by atoms with Crippen molar-refractivity contribution in [2.75, 3.05) is 0 Å². The number of benzene rings is 3. The van der Waals surface area contributed by atoms with Crippen LogP contribution in [0.25, 0.3) is 50.1 Å². The highest BCUT2D eigenvalue weighted by Gasteiger charge is 2.20. The Morgan fingerprint density at radius 2 is 1.50 bits per heavy atom. The predicted octanol–water partition coefficient (Wildman–Crippen LogP) is 7.91. The number of fused-ring (bicyclic) bond motifs is 3. The van der Waals surface area contributed by atoms with Gasteiger partial charge in [-0.1, -0.05) is 57.2 Å². The molecule has 1 N–H and O–H groups in total. The Bertz CT molecular complexity index is 1730. The maximum atomic E-state index is 10.5. The molecule has 6 rings (SSSR count). The lowest BCUT2D eigenvalue weighted by atomic mass is 9.85. The third-order valence-electron chi connectivity index (χ3n) is 6.70. The van der Waals surface area contributed by atoms with Crippen LogP contribution in [0, 0.1) is 0 Å². The zero-order chi connectivity index (χ0) is 24.9. The summed E-state index contributed by atoms with van der Waals surface area (Å²) in [6.07, 6.45) is 1.83. The molecule has 36 heavy (non-hydrogen) atoms. The van der Waals surface area contributed by atoms with Gasteiger partial charge in [0.2, 0.25) is 0 Å². The second-order valence-corrected chi connectivity index (χ2v) is 10.2. The average molecular weight is 470 g/mol. The molecule has 4 heteroatoms. The first kappa shape index (κ1) is 22.1. The minimum Gasteiger partial charge on any atom is -0.507 e. The number of hydrogen-bond donors (Lipinski definition) is 1. The first-order valence-corrected chi connectivity index (χ1v) is 12.2. The molecule has 0 radical (unpaired) electrons. The molecule has 0 aliphatic heterocycles. The lowest BCUT2D eigenvalue weighted by molar-refractivity contribution is 0.477. The van der Waals surface area contributed by atoms with Gasteiger partial charge in [-0.2, -0.15) is 0 Å². The van der Waals surface area contributed by atoms with Gasteiger partial charge < -0.3 is 5.11 Å². The molecule has 0 spiro atoms. The van der Waals surface area contributed by atoms with Gasteiger partial charge in [0, 0.05) is 33.8 Å². The van der Waals surface area contributed by atoms with Crippen molar-refractivity contribution in [2.45, 2.75) is 26.2 Å². The smallest absolute Gasteiger partial charge is 0.146 e. The van der Waals surface area contributed by atoms with E-state index in [0.29, 0.717) is 5.56 Å². The highest BCUT2D eigenvalue weighted by atomic mass is 16.3. The van der Waals surface area contributed by atoms with Crippen LogP contribution in [0.5, 0.6) is 5.75 Å². The Morgan fingerprint density at radius 3 is 2.28 bits per heavy atom. The van der Waals surface area contributed by atoms with Gasteiger partial charge in [-0.25, -0.2) is 4.98 Å². The zero-order valence-electron chi connectivity index (χ0n) is 20.6. The number of aromatic nitrogens is 3. The molecule has 0 bridgehead atoms. The minimum atomic E-state index is -0.0489. The van der Waals surface area contributed by atoms with Crippen LogP contribution in [0.1, 0.15) is 26.3 Å². The number of aromatic hydroxyl groups is 1. The molecule has 0 aliphatic carbocycles. The largest absolute Gasteiger partial charge is 0.507 e. The number of pyridine rings is 2. The molecule has 0 saturated heterocycles. The molecule has 3 aromatic carbocycles. The summed E-state index contributed by atoms with van der Waals surface area (Å²) in [5.41, 5.74) is 7.62. The van der Waals surface area contributed by atoms with Gasteiger partial charge in [0.05, 0.1) is 16.9 Å². The van der Waals surface area contributed by atoms with Gasteiger partial charge in [0.15, 0.2) is 0 Å². The number of para-hydroxylation sites is 2. The summed E-state index contributed by atoms with van der Waals surface area (Å²) < 4.78 is 2.23. The van der Waals surface area contributed by atoms with Crippen molar-refractivity contribution in [1.29, 1.82) is 0 Å². The van der Waals surface area contributed by atoms with Crippen molar-refractivity contribution in [2.24, 2.45) is 0 Å². The van der Waals surface area contributed by atoms with E-state index in [1.54, 1.807) is 6.07 Å². The van der Waals surface area contributed by atoms with Crippen LogP contribution in [0.2, 0.25) is 0 Å².